The summed E-state index contributed by atoms with van der Waals surface area (Å²) in [4.78, 5) is 4.33. The first kappa shape index (κ1) is 19.8. The van der Waals surface area contributed by atoms with Gasteiger partial charge in [0, 0.05) is 24.6 Å². The number of nitrogens with zero attached hydrogens (tertiary/aromatic N) is 1. The van der Waals surface area contributed by atoms with Crippen molar-refractivity contribution in [1.82, 2.24) is 4.98 Å². The zero-order valence-electron chi connectivity index (χ0n) is 14.7. The molecule has 1 aromatic heterocycles. The maximum Gasteiger partial charge on any atom is 0.142 e. The lowest BCUT2D eigenvalue weighted by Gasteiger charge is -2.20. The van der Waals surface area contributed by atoms with Crippen molar-refractivity contribution in [3.05, 3.63) is 45.0 Å². The van der Waals surface area contributed by atoms with E-state index in [1.54, 1.807) is 34.1 Å². The van der Waals surface area contributed by atoms with Crippen LogP contribution in [-0.4, -0.2) is 29.9 Å². The third-order valence-corrected chi connectivity index (χ3v) is 4.64. The van der Waals surface area contributed by atoms with Crippen LogP contribution >= 0.6 is 27.5 Å². The Kier molecular flexibility index (Phi) is 6.54. The highest BCUT2D eigenvalue weighted by atomic mass is 79.9. The molecule has 0 atom stereocenters. The zero-order valence-corrected chi connectivity index (χ0v) is 17.0. The number of ether oxygens (including phenoxy) is 2. The van der Waals surface area contributed by atoms with E-state index >= 15 is 0 Å². The largest absolute Gasteiger partial charge is 0.497 e. The molecule has 2 N–H and O–H groups in total. The van der Waals surface area contributed by atoms with Crippen LogP contribution in [0.25, 0.3) is 0 Å². The molecule has 0 fully saturated rings. The maximum absolute atomic E-state index is 10.1. The summed E-state index contributed by atoms with van der Waals surface area (Å²) in [5.74, 6) is 2.07. The summed E-state index contributed by atoms with van der Waals surface area (Å²) in [6.45, 7) is 4.01. The van der Waals surface area contributed by atoms with Gasteiger partial charge in [-0.15, -0.1) is 0 Å². The second-order valence-corrected chi connectivity index (χ2v) is 7.47. The number of anilines is 1. The lowest BCUT2D eigenvalue weighted by molar-refractivity contribution is 0.0808. The number of aliphatic hydroxyl groups is 1. The van der Waals surface area contributed by atoms with Gasteiger partial charge in [0.25, 0.3) is 0 Å². The van der Waals surface area contributed by atoms with Crippen LogP contribution in [0.3, 0.4) is 0 Å². The molecule has 7 heteroatoms. The second-order valence-electron chi connectivity index (χ2n) is 6.29. The minimum atomic E-state index is -0.844. The molecular weight excluding hydrogens is 408 g/mol. The van der Waals surface area contributed by atoms with Crippen LogP contribution in [0.1, 0.15) is 25.0 Å². The van der Waals surface area contributed by atoms with Crippen LogP contribution in [0.15, 0.2) is 28.7 Å². The number of hydrogen-bond acceptors (Lipinski definition) is 5. The van der Waals surface area contributed by atoms with Crippen LogP contribution in [0.2, 0.25) is 5.15 Å². The number of hydrogen-bond donors (Lipinski definition) is 2. The van der Waals surface area contributed by atoms with Crippen LogP contribution in [-0.2, 0) is 13.0 Å². The molecule has 0 radical (unpaired) electrons. The van der Waals surface area contributed by atoms with Gasteiger partial charge in [-0.2, -0.15) is 0 Å². The van der Waals surface area contributed by atoms with Crippen molar-refractivity contribution in [2.45, 2.75) is 32.4 Å². The summed E-state index contributed by atoms with van der Waals surface area (Å²) in [5.41, 5.74) is 1.00. The van der Waals surface area contributed by atoms with E-state index in [2.05, 4.69) is 26.2 Å². The van der Waals surface area contributed by atoms with E-state index in [0.29, 0.717) is 23.9 Å². The Morgan fingerprint density at radius 1 is 1.20 bits per heavy atom. The average molecular weight is 430 g/mol. The van der Waals surface area contributed by atoms with Crippen molar-refractivity contribution < 1.29 is 14.6 Å². The first-order valence-electron chi connectivity index (χ1n) is 7.75. The highest BCUT2D eigenvalue weighted by Crippen LogP contribution is 2.31. The van der Waals surface area contributed by atoms with E-state index in [4.69, 9.17) is 21.1 Å². The molecule has 0 amide bonds. The predicted molar refractivity (Wildman–Crippen MR) is 104 cm³/mol. The van der Waals surface area contributed by atoms with Crippen molar-refractivity contribution in [1.29, 1.82) is 0 Å². The van der Waals surface area contributed by atoms with E-state index < -0.39 is 5.60 Å². The summed E-state index contributed by atoms with van der Waals surface area (Å²) < 4.78 is 11.4. The first-order valence-corrected chi connectivity index (χ1v) is 8.92. The van der Waals surface area contributed by atoms with E-state index in [-0.39, 0.29) is 0 Å². The molecule has 2 rings (SSSR count). The Morgan fingerprint density at radius 3 is 2.52 bits per heavy atom. The predicted octanol–water partition coefficient (Wildman–Crippen LogP) is 4.44. The molecule has 5 nitrogen and oxygen atoms in total. The summed E-state index contributed by atoms with van der Waals surface area (Å²) in [5, 5.41) is 13.7. The SMILES string of the molecule is COc1ccc(CNc2nc(Cl)cc(CC(C)(C)O)c2Br)c(OC)c1. The number of pyridine rings is 1. The Morgan fingerprint density at radius 2 is 1.92 bits per heavy atom. The molecule has 0 bridgehead atoms. The van der Waals surface area contributed by atoms with Gasteiger partial charge in [0.15, 0.2) is 0 Å². The molecule has 0 saturated heterocycles. The zero-order chi connectivity index (χ0) is 18.6. The van der Waals surface area contributed by atoms with Gasteiger partial charge < -0.3 is 19.9 Å². The van der Waals surface area contributed by atoms with Gasteiger partial charge in [-0.05, 0) is 53.5 Å². The minimum absolute atomic E-state index is 0.367. The van der Waals surface area contributed by atoms with E-state index in [1.165, 1.54) is 0 Å². The number of methoxy groups -OCH3 is 2. The van der Waals surface area contributed by atoms with Gasteiger partial charge in [0.05, 0.1) is 24.3 Å². The second kappa shape index (κ2) is 8.25. The maximum atomic E-state index is 10.1. The third-order valence-electron chi connectivity index (χ3n) is 3.57. The molecule has 0 aliphatic heterocycles. The molecule has 25 heavy (non-hydrogen) atoms. The standard InChI is InChI=1S/C18H22BrClN2O3/c1-18(2,23)9-12-7-15(20)22-17(16(12)19)21-10-11-5-6-13(24-3)8-14(11)25-4/h5-8,23H,9-10H2,1-4H3,(H,21,22). The number of nitrogens with one attached hydrogen (secondary N) is 1. The van der Waals surface area contributed by atoms with Gasteiger partial charge in [0.2, 0.25) is 0 Å². The van der Waals surface area contributed by atoms with Crippen molar-refractivity contribution in [2.24, 2.45) is 0 Å². The number of benzene rings is 1. The number of halogens is 2. The Hall–Kier alpha value is -1.50. The molecule has 1 aromatic carbocycles. The van der Waals surface area contributed by atoms with Gasteiger partial charge in [-0.25, -0.2) is 4.98 Å². The molecule has 0 saturated carbocycles. The topological polar surface area (TPSA) is 63.6 Å². The summed E-state index contributed by atoms with van der Waals surface area (Å²) in [7, 11) is 3.23. The van der Waals surface area contributed by atoms with Gasteiger partial charge in [0.1, 0.15) is 22.5 Å². The number of rotatable bonds is 7. The Balaban J connectivity index is 2.24. The smallest absolute Gasteiger partial charge is 0.142 e. The fourth-order valence-corrected chi connectivity index (χ4v) is 3.14. The van der Waals surface area contributed by atoms with Crippen LogP contribution in [0.4, 0.5) is 5.82 Å². The fraction of sp³-hybridized carbons (Fsp3) is 0.389. The Bertz CT molecular complexity index is 748. The van der Waals surface area contributed by atoms with E-state index in [9.17, 15) is 5.11 Å². The van der Waals surface area contributed by atoms with Crippen molar-refractivity contribution >= 4 is 33.3 Å². The summed E-state index contributed by atoms with van der Waals surface area (Å²) >= 11 is 9.69. The van der Waals surface area contributed by atoms with Crippen molar-refractivity contribution in [3.8, 4) is 11.5 Å². The molecular formula is C18H22BrClN2O3. The first-order chi connectivity index (χ1) is 11.7. The normalized spacial score (nSPS) is 11.3. The molecule has 1 heterocycles. The molecule has 0 spiro atoms. The van der Waals surface area contributed by atoms with Crippen molar-refractivity contribution in [2.75, 3.05) is 19.5 Å². The molecule has 2 aromatic rings. The lowest BCUT2D eigenvalue weighted by atomic mass is 9.99. The van der Waals surface area contributed by atoms with Crippen LogP contribution < -0.4 is 14.8 Å². The summed E-state index contributed by atoms with van der Waals surface area (Å²) in [6, 6.07) is 7.39. The highest BCUT2D eigenvalue weighted by Gasteiger charge is 2.18. The van der Waals surface area contributed by atoms with Gasteiger partial charge in [-0.1, -0.05) is 11.6 Å². The lowest BCUT2D eigenvalue weighted by Crippen LogP contribution is -2.22. The third kappa shape index (κ3) is 5.49. The molecule has 0 aliphatic carbocycles. The average Bonchev–Trinajstić information content (AvgIpc) is 2.55. The van der Waals surface area contributed by atoms with Crippen LogP contribution in [0.5, 0.6) is 11.5 Å². The van der Waals surface area contributed by atoms with Gasteiger partial charge in [-0.3, -0.25) is 0 Å². The molecule has 0 aliphatic rings. The molecule has 136 valence electrons. The van der Waals surface area contributed by atoms with Crippen LogP contribution in [0, 0.1) is 0 Å². The van der Waals surface area contributed by atoms with Crippen molar-refractivity contribution in [3.63, 3.8) is 0 Å². The summed E-state index contributed by atoms with van der Waals surface area (Å²) in [6.07, 6.45) is 0.455. The van der Waals surface area contributed by atoms with Gasteiger partial charge >= 0.3 is 0 Å². The van der Waals surface area contributed by atoms with E-state index in [1.807, 2.05) is 18.2 Å². The quantitative estimate of drug-likeness (QED) is 0.637. The molecule has 0 unspecified atom stereocenters. The monoisotopic (exact) mass is 428 g/mol. The number of aromatic nitrogens is 1. The minimum Gasteiger partial charge on any atom is -0.497 e. The Labute approximate surface area is 161 Å². The van der Waals surface area contributed by atoms with E-state index in [0.717, 1.165) is 27.1 Å². The fourth-order valence-electron chi connectivity index (χ4n) is 2.44. The highest BCUT2D eigenvalue weighted by molar-refractivity contribution is 9.10.